The lowest BCUT2D eigenvalue weighted by molar-refractivity contribution is -0.274. The minimum atomic E-state index is -4.78. The van der Waals surface area contributed by atoms with E-state index in [9.17, 15) is 22.8 Å². The zero-order valence-electron chi connectivity index (χ0n) is 10.8. The van der Waals surface area contributed by atoms with Crippen molar-refractivity contribution in [2.75, 3.05) is 6.61 Å². The highest BCUT2D eigenvalue weighted by atomic mass is 19.4. The molecule has 1 aromatic carbocycles. The van der Waals surface area contributed by atoms with Crippen LogP contribution in [0.1, 0.15) is 23.2 Å². The van der Waals surface area contributed by atoms with Gasteiger partial charge in [0.1, 0.15) is 12.4 Å². The number of halogens is 3. The molecule has 0 saturated carbocycles. The van der Waals surface area contributed by atoms with E-state index in [4.69, 9.17) is 4.74 Å². The van der Waals surface area contributed by atoms with Crippen LogP contribution in [0.4, 0.5) is 13.2 Å². The number of benzene rings is 1. The Morgan fingerprint density at radius 1 is 1.29 bits per heavy atom. The SMILES string of the molecule is O=C1CC[C@@H](COC(=O)c2ccc(OC(F)(F)F)cc2)N1. The first-order valence-electron chi connectivity index (χ1n) is 6.16. The summed E-state index contributed by atoms with van der Waals surface area (Å²) in [6, 6.07) is 4.20. The van der Waals surface area contributed by atoms with Crippen LogP contribution in [0.15, 0.2) is 24.3 Å². The van der Waals surface area contributed by atoms with E-state index in [1.54, 1.807) is 0 Å². The van der Waals surface area contributed by atoms with Crippen LogP contribution >= 0.6 is 0 Å². The normalized spacial score (nSPS) is 18.2. The smallest absolute Gasteiger partial charge is 0.460 e. The van der Waals surface area contributed by atoms with Gasteiger partial charge in [-0.2, -0.15) is 0 Å². The van der Waals surface area contributed by atoms with Crippen LogP contribution in [0.5, 0.6) is 5.75 Å². The van der Waals surface area contributed by atoms with Gasteiger partial charge in [-0.15, -0.1) is 13.2 Å². The molecular weight excluding hydrogens is 291 g/mol. The van der Waals surface area contributed by atoms with E-state index < -0.39 is 18.1 Å². The summed E-state index contributed by atoms with van der Waals surface area (Å²) in [6.45, 7) is 0.0331. The van der Waals surface area contributed by atoms with Crippen molar-refractivity contribution in [2.24, 2.45) is 0 Å². The molecule has 1 atom stereocenters. The Bertz CT molecular complexity index is 527. The molecule has 0 spiro atoms. The second kappa shape index (κ2) is 6.02. The third-order valence-corrected chi connectivity index (χ3v) is 2.82. The van der Waals surface area contributed by atoms with Crippen molar-refractivity contribution in [1.82, 2.24) is 5.32 Å². The lowest BCUT2D eigenvalue weighted by Gasteiger charge is -2.11. The monoisotopic (exact) mass is 303 g/mol. The largest absolute Gasteiger partial charge is 0.573 e. The van der Waals surface area contributed by atoms with Crippen molar-refractivity contribution in [3.8, 4) is 5.75 Å². The van der Waals surface area contributed by atoms with Gasteiger partial charge in [-0.3, -0.25) is 4.79 Å². The molecule has 0 unspecified atom stereocenters. The Kier molecular flexibility index (Phi) is 4.35. The first-order chi connectivity index (χ1) is 9.83. The summed E-state index contributed by atoms with van der Waals surface area (Å²) in [5, 5.41) is 2.63. The van der Waals surface area contributed by atoms with Crippen LogP contribution in [-0.4, -0.2) is 30.9 Å². The summed E-state index contributed by atoms with van der Waals surface area (Å²) >= 11 is 0. The van der Waals surface area contributed by atoms with Crippen molar-refractivity contribution < 1.29 is 32.2 Å². The molecule has 1 fully saturated rings. The van der Waals surface area contributed by atoms with Gasteiger partial charge in [-0.25, -0.2) is 4.79 Å². The maximum atomic E-state index is 12.0. The predicted molar refractivity (Wildman–Crippen MR) is 64.6 cm³/mol. The Morgan fingerprint density at radius 2 is 1.95 bits per heavy atom. The Morgan fingerprint density at radius 3 is 2.48 bits per heavy atom. The third kappa shape index (κ3) is 4.66. The molecule has 0 bridgehead atoms. The zero-order chi connectivity index (χ0) is 15.5. The van der Waals surface area contributed by atoms with Crippen LogP contribution in [0.3, 0.4) is 0 Å². The molecule has 1 heterocycles. The summed E-state index contributed by atoms with van der Waals surface area (Å²) in [7, 11) is 0. The molecule has 1 aromatic rings. The highest BCUT2D eigenvalue weighted by molar-refractivity contribution is 5.89. The number of esters is 1. The van der Waals surface area contributed by atoms with E-state index in [1.165, 1.54) is 12.1 Å². The van der Waals surface area contributed by atoms with Crippen LogP contribution in [0, 0.1) is 0 Å². The summed E-state index contributed by atoms with van der Waals surface area (Å²) in [5.74, 6) is -1.18. The Labute approximate surface area is 118 Å². The van der Waals surface area contributed by atoms with E-state index in [2.05, 4.69) is 10.1 Å². The van der Waals surface area contributed by atoms with Crippen LogP contribution < -0.4 is 10.1 Å². The molecule has 0 aromatic heterocycles. The first kappa shape index (κ1) is 15.1. The molecule has 0 radical (unpaired) electrons. The van der Waals surface area contributed by atoms with Crippen molar-refractivity contribution in [1.29, 1.82) is 0 Å². The number of amides is 1. The molecule has 1 N–H and O–H groups in total. The van der Waals surface area contributed by atoms with Gasteiger partial charge >= 0.3 is 12.3 Å². The lowest BCUT2D eigenvalue weighted by atomic mass is 10.2. The molecule has 21 heavy (non-hydrogen) atoms. The first-order valence-corrected chi connectivity index (χ1v) is 6.16. The highest BCUT2D eigenvalue weighted by Gasteiger charge is 2.31. The topological polar surface area (TPSA) is 64.6 Å². The van der Waals surface area contributed by atoms with Crippen LogP contribution in [0.25, 0.3) is 0 Å². The lowest BCUT2D eigenvalue weighted by Crippen LogP contribution is -2.30. The number of hydrogen-bond acceptors (Lipinski definition) is 4. The maximum Gasteiger partial charge on any atom is 0.573 e. The fourth-order valence-electron chi connectivity index (χ4n) is 1.85. The second-order valence-corrected chi connectivity index (χ2v) is 4.47. The zero-order valence-corrected chi connectivity index (χ0v) is 10.8. The van der Waals surface area contributed by atoms with Gasteiger partial charge in [0.25, 0.3) is 0 Å². The highest BCUT2D eigenvalue weighted by Crippen LogP contribution is 2.23. The van der Waals surface area contributed by atoms with Gasteiger partial charge in [0.2, 0.25) is 5.91 Å². The Hall–Kier alpha value is -2.25. The molecule has 1 aliphatic heterocycles. The Balaban J connectivity index is 1.86. The fraction of sp³-hybridized carbons (Fsp3) is 0.385. The van der Waals surface area contributed by atoms with Crippen LogP contribution in [-0.2, 0) is 9.53 Å². The average molecular weight is 303 g/mol. The van der Waals surface area contributed by atoms with Crippen LogP contribution in [0.2, 0.25) is 0 Å². The molecule has 8 heteroatoms. The van der Waals surface area contributed by atoms with Gasteiger partial charge < -0.3 is 14.8 Å². The fourth-order valence-corrected chi connectivity index (χ4v) is 1.85. The molecular formula is C13H12F3NO4. The number of alkyl halides is 3. The molecule has 114 valence electrons. The van der Waals surface area contributed by atoms with E-state index in [1.807, 2.05) is 0 Å². The summed E-state index contributed by atoms with van der Waals surface area (Å²) in [6.07, 6.45) is -3.79. The maximum absolute atomic E-state index is 12.0. The molecule has 1 amide bonds. The number of carbonyl (C=O) groups is 2. The molecule has 1 aliphatic rings. The summed E-state index contributed by atoms with van der Waals surface area (Å²) in [5.41, 5.74) is 0.105. The van der Waals surface area contributed by atoms with Crippen molar-refractivity contribution in [2.45, 2.75) is 25.2 Å². The van der Waals surface area contributed by atoms with Gasteiger partial charge in [0.05, 0.1) is 11.6 Å². The van der Waals surface area contributed by atoms with Crippen molar-refractivity contribution in [3.63, 3.8) is 0 Å². The number of hydrogen-bond donors (Lipinski definition) is 1. The van der Waals surface area contributed by atoms with Gasteiger partial charge in [0.15, 0.2) is 0 Å². The molecule has 1 saturated heterocycles. The van der Waals surface area contributed by atoms with Crippen molar-refractivity contribution in [3.05, 3.63) is 29.8 Å². The van der Waals surface area contributed by atoms with E-state index in [0.29, 0.717) is 12.8 Å². The van der Waals surface area contributed by atoms with Gasteiger partial charge in [-0.05, 0) is 30.7 Å². The number of rotatable bonds is 4. The third-order valence-electron chi connectivity index (χ3n) is 2.82. The quantitative estimate of drug-likeness (QED) is 0.864. The average Bonchev–Trinajstić information content (AvgIpc) is 2.81. The number of carbonyl (C=O) groups excluding carboxylic acids is 2. The number of nitrogens with one attached hydrogen (secondary N) is 1. The van der Waals surface area contributed by atoms with Crippen molar-refractivity contribution >= 4 is 11.9 Å². The van der Waals surface area contributed by atoms with E-state index in [0.717, 1.165) is 12.1 Å². The number of ether oxygens (including phenoxy) is 2. The predicted octanol–water partition coefficient (Wildman–Crippen LogP) is 2.02. The summed E-state index contributed by atoms with van der Waals surface area (Å²) < 4.78 is 44.6. The minimum absolute atomic E-state index is 0.0331. The van der Waals surface area contributed by atoms with E-state index in [-0.39, 0.29) is 24.1 Å². The van der Waals surface area contributed by atoms with E-state index >= 15 is 0 Å². The van der Waals surface area contributed by atoms with Gasteiger partial charge in [0, 0.05) is 6.42 Å². The molecule has 2 rings (SSSR count). The minimum Gasteiger partial charge on any atom is -0.460 e. The molecule has 5 nitrogen and oxygen atoms in total. The molecule has 0 aliphatic carbocycles. The van der Waals surface area contributed by atoms with Gasteiger partial charge in [-0.1, -0.05) is 0 Å². The standard InChI is InChI=1S/C13H12F3NO4/c14-13(15,16)21-10-4-1-8(2-5-10)12(19)20-7-9-3-6-11(18)17-9/h1-2,4-5,9H,3,6-7H2,(H,17,18)/t9-/m0/s1. The second-order valence-electron chi connectivity index (χ2n) is 4.47. The summed E-state index contributed by atoms with van der Waals surface area (Å²) in [4.78, 5) is 22.6.